The van der Waals surface area contributed by atoms with Crippen molar-refractivity contribution in [2.24, 2.45) is 5.73 Å². The number of alkyl halides is 2. The number of hydrogen-bond donors (Lipinski definition) is 1. The second kappa shape index (κ2) is 5.62. The first-order valence-corrected chi connectivity index (χ1v) is 6.53. The Labute approximate surface area is 107 Å². The average molecular weight is 276 g/mol. The molecule has 0 spiro atoms. The molecule has 4 nitrogen and oxygen atoms in total. The number of nitrogens with two attached hydrogens (primary N) is 1. The van der Waals surface area contributed by atoms with Gasteiger partial charge in [-0.1, -0.05) is 0 Å². The topological polar surface area (TPSA) is 55.6 Å². The fourth-order valence-corrected chi connectivity index (χ4v) is 2.77. The summed E-state index contributed by atoms with van der Waals surface area (Å²) >= 11 is 1.10. The number of carbonyl (C=O) groups excluding carboxylic acids is 1. The van der Waals surface area contributed by atoms with Crippen LogP contribution in [-0.4, -0.2) is 36.5 Å². The minimum absolute atomic E-state index is 0.0397. The second-order valence-electron chi connectivity index (χ2n) is 4.15. The van der Waals surface area contributed by atoms with Crippen LogP contribution in [0.1, 0.15) is 22.5 Å². The van der Waals surface area contributed by atoms with Crippen molar-refractivity contribution in [2.75, 3.05) is 13.1 Å². The molecule has 2 rings (SSSR count). The summed E-state index contributed by atoms with van der Waals surface area (Å²) in [5, 5.41) is 1.56. The van der Waals surface area contributed by atoms with Crippen molar-refractivity contribution in [3.63, 3.8) is 0 Å². The molecule has 2 N–H and O–H groups in total. The molecule has 0 radical (unpaired) electrons. The van der Waals surface area contributed by atoms with Crippen molar-refractivity contribution in [1.29, 1.82) is 0 Å². The Hall–Kier alpha value is -1.21. The number of hydrogen-bond acceptors (Lipinski definition) is 4. The van der Waals surface area contributed by atoms with Gasteiger partial charge in [-0.3, -0.25) is 4.79 Å². The van der Waals surface area contributed by atoms with Gasteiger partial charge in [0, 0.05) is 19.1 Å². The van der Waals surface area contributed by atoms with Gasteiger partial charge in [-0.2, -0.15) is 8.78 Å². The standard InChI is InChI=1S/C11H14F2N2O2S/c12-11(13)17-8-3-5-18-9(8)10(16)15-4-1-2-7(14)6-15/h3,5,7,11H,1-2,4,6,14H2. The van der Waals surface area contributed by atoms with Crippen molar-refractivity contribution in [1.82, 2.24) is 4.90 Å². The molecule has 7 heteroatoms. The van der Waals surface area contributed by atoms with Crippen molar-refractivity contribution >= 4 is 17.2 Å². The summed E-state index contributed by atoms with van der Waals surface area (Å²) in [7, 11) is 0. The molecule has 1 unspecified atom stereocenters. The van der Waals surface area contributed by atoms with E-state index in [2.05, 4.69) is 4.74 Å². The lowest BCUT2D eigenvalue weighted by molar-refractivity contribution is -0.0499. The minimum Gasteiger partial charge on any atom is -0.433 e. The Bertz CT molecular complexity index is 425. The molecule has 2 heterocycles. The Morgan fingerprint density at radius 1 is 1.61 bits per heavy atom. The summed E-state index contributed by atoms with van der Waals surface area (Å²) in [5.41, 5.74) is 5.79. The van der Waals surface area contributed by atoms with Crippen molar-refractivity contribution in [2.45, 2.75) is 25.5 Å². The van der Waals surface area contributed by atoms with Crippen LogP contribution in [0.15, 0.2) is 11.4 Å². The molecule has 1 atom stereocenters. The molecule has 1 aliphatic heterocycles. The Morgan fingerprint density at radius 3 is 3.06 bits per heavy atom. The highest BCUT2D eigenvalue weighted by molar-refractivity contribution is 7.12. The number of halogens is 2. The number of nitrogens with zero attached hydrogens (tertiary/aromatic N) is 1. The monoisotopic (exact) mass is 276 g/mol. The third kappa shape index (κ3) is 2.97. The highest BCUT2D eigenvalue weighted by Gasteiger charge is 2.26. The maximum absolute atomic E-state index is 12.2. The summed E-state index contributed by atoms with van der Waals surface area (Å²) < 4.78 is 28.7. The zero-order valence-electron chi connectivity index (χ0n) is 9.64. The van der Waals surface area contributed by atoms with Gasteiger partial charge in [0.25, 0.3) is 5.91 Å². The summed E-state index contributed by atoms with van der Waals surface area (Å²) in [6.45, 7) is -1.85. The summed E-state index contributed by atoms with van der Waals surface area (Å²) in [6.07, 6.45) is 1.72. The number of likely N-dealkylation sites (tertiary alicyclic amines) is 1. The van der Waals surface area contributed by atoms with Crippen LogP contribution < -0.4 is 10.5 Å². The largest absolute Gasteiger partial charge is 0.433 e. The van der Waals surface area contributed by atoms with Crippen LogP contribution in [0.2, 0.25) is 0 Å². The number of carbonyl (C=O) groups is 1. The van der Waals surface area contributed by atoms with Gasteiger partial charge in [0.05, 0.1) is 0 Å². The van der Waals surface area contributed by atoms with Crippen LogP contribution >= 0.6 is 11.3 Å². The van der Waals surface area contributed by atoms with Gasteiger partial charge in [-0.05, 0) is 24.3 Å². The first-order valence-electron chi connectivity index (χ1n) is 5.65. The van der Waals surface area contributed by atoms with E-state index in [1.165, 1.54) is 6.07 Å². The van der Waals surface area contributed by atoms with Gasteiger partial charge in [-0.15, -0.1) is 11.3 Å². The van der Waals surface area contributed by atoms with E-state index >= 15 is 0 Å². The number of ether oxygens (including phenoxy) is 1. The van der Waals surface area contributed by atoms with Crippen molar-refractivity contribution < 1.29 is 18.3 Å². The molecular formula is C11H14F2N2O2S. The van der Waals surface area contributed by atoms with Gasteiger partial charge in [0.2, 0.25) is 0 Å². The number of amides is 1. The third-order valence-corrected chi connectivity index (χ3v) is 3.67. The van der Waals surface area contributed by atoms with Gasteiger partial charge < -0.3 is 15.4 Å². The lowest BCUT2D eigenvalue weighted by atomic mass is 10.1. The molecule has 1 fully saturated rings. The lowest BCUT2D eigenvalue weighted by Crippen LogP contribution is -2.45. The maximum atomic E-state index is 12.2. The van der Waals surface area contributed by atoms with Gasteiger partial charge in [-0.25, -0.2) is 0 Å². The van der Waals surface area contributed by atoms with E-state index in [4.69, 9.17) is 5.73 Å². The SMILES string of the molecule is NC1CCCN(C(=O)c2sccc2OC(F)F)C1. The predicted molar refractivity (Wildman–Crippen MR) is 64.1 cm³/mol. The fourth-order valence-electron chi connectivity index (χ4n) is 1.98. The van der Waals surface area contributed by atoms with E-state index < -0.39 is 6.61 Å². The van der Waals surface area contributed by atoms with Crippen LogP contribution in [0.5, 0.6) is 5.75 Å². The van der Waals surface area contributed by atoms with E-state index in [0.717, 1.165) is 24.2 Å². The highest BCUT2D eigenvalue weighted by Crippen LogP contribution is 2.28. The smallest absolute Gasteiger partial charge is 0.387 e. The zero-order valence-corrected chi connectivity index (χ0v) is 10.5. The van der Waals surface area contributed by atoms with E-state index in [9.17, 15) is 13.6 Å². The van der Waals surface area contributed by atoms with Gasteiger partial charge in [0.1, 0.15) is 10.6 Å². The molecule has 0 aromatic carbocycles. The molecule has 1 saturated heterocycles. The lowest BCUT2D eigenvalue weighted by Gasteiger charge is -2.30. The summed E-state index contributed by atoms with van der Waals surface area (Å²) in [4.78, 5) is 14.0. The van der Waals surface area contributed by atoms with Crippen LogP contribution in [0.4, 0.5) is 8.78 Å². The van der Waals surface area contributed by atoms with Crippen molar-refractivity contribution in [3.8, 4) is 5.75 Å². The predicted octanol–water partition coefficient (Wildman–Crippen LogP) is 1.91. The number of rotatable bonds is 3. The van der Waals surface area contributed by atoms with Crippen LogP contribution in [0.25, 0.3) is 0 Å². The van der Waals surface area contributed by atoms with Crippen molar-refractivity contribution in [3.05, 3.63) is 16.3 Å². The quantitative estimate of drug-likeness (QED) is 0.917. The first kappa shape index (κ1) is 13.2. The Kier molecular flexibility index (Phi) is 4.13. The highest BCUT2D eigenvalue weighted by atomic mass is 32.1. The fraction of sp³-hybridized carbons (Fsp3) is 0.545. The maximum Gasteiger partial charge on any atom is 0.387 e. The van der Waals surface area contributed by atoms with Crippen LogP contribution in [0.3, 0.4) is 0 Å². The number of piperidine rings is 1. The van der Waals surface area contributed by atoms with E-state index in [0.29, 0.717) is 13.1 Å². The normalized spacial score (nSPS) is 20.2. The van der Waals surface area contributed by atoms with Gasteiger partial charge in [0.15, 0.2) is 0 Å². The molecule has 100 valence electrons. The Balaban J connectivity index is 2.10. The molecule has 0 saturated carbocycles. The molecule has 0 aliphatic carbocycles. The molecular weight excluding hydrogens is 262 g/mol. The summed E-state index contributed by atoms with van der Waals surface area (Å²) in [5.74, 6) is -0.338. The molecule has 0 bridgehead atoms. The average Bonchev–Trinajstić information content (AvgIpc) is 2.75. The number of thiophene rings is 1. The zero-order chi connectivity index (χ0) is 13.1. The van der Waals surface area contributed by atoms with E-state index in [1.54, 1.807) is 10.3 Å². The van der Waals surface area contributed by atoms with E-state index in [-0.39, 0.29) is 22.6 Å². The van der Waals surface area contributed by atoms with E-state index in [1.807, 2.05) is 0 Å². The van der Waals surface area contributed by atoms with Crippen LogP contribution in [0, 0.1) is 0 Å². The molecule has 1 aliphatic rings. The first-order chi connectivity index (χ1) is 8.58. The Morgan fingerprint density at radius 2 is 2.39 bits per heavy atom. The molecule has 1 aromatic rings. The minimum atomic E-state index is -2.92. The van der Waals surface area contributed by atoms with Gasteiger partial charge >= 0.3 is 6.61 Å². The van der Waals surface area contributed by atoms with Crippen LogP contribution in [-0.2, 0) is 0 Å². The molecule has 18 heavy (non-hydrogen) atoms. The molecule has 1 amide bonds. The summed E-state index contributed by atoms with van der Waals surface area (Å²) in [6, 6.07) is 1.34. The second-order valence-corrected chi connectivity index (χ2v) is 5.06. The molecule has 1 aromatic heterocycles. The third-order valence-electron chi connectivity index (χ3n) is 2.78.